The summed E-state index contributed by atoms with van der Waals surface area (Å²) in [6.45, 7) is 5.08. The molecule has 1 aliphatic heterocycles. The van der Waals surface area contributed by atoms with Gasteiger partial charge < -0.3 is 10.1 Å². The summed E-state index contributed by atoms with van der Waals surface area (Å²) in [5.74, 6) is -0.733. The predicted molar refractivity (Wildman–Crippen MR) is 77.7 cm³/mol. The van der Waals surface area contributed by atoms with E-state index in [1.807, 2.05) is 0 Å². The monoisotopic (exact) mass is 345 g/mol. The lowest BCUT2D eigenvalue weighted by Crippen LogP contribution is -2.67. The second-order valence-corrected chi connectivity index (χ2v) is 7.14. The summed E-state index contributed by atoms with van der Waals surface area (Å²) in [6.07, 6.45) is 2.38. The highest BCUT2D eigenvalue weighted by Gasteiger charge is 2.58. The summed E-state index contributed by atoms with van der Waals surface area (Å²) in [4.78, 5) is 0. The number of ether oxygens (including phenoxy) is 1. The molecule has 110 valence electrons. The van der Waals surface area contributed by atoms with E-state index in [-0.39, 0.29) is 22.0 Å². The quantitative estimate of drug-likeness (QED) is 0.805. The SMILES string of the molecule is CC1(C)C(Nc2cc(Br)c(F)cc2F)C2CCCOC21. The average molecular weight is 346 g/mol. The van der Waals surface area contributed by atoms with Crippen LogP contribution in [0.25, 0.3) is 0 Å². The van der Waals surface area contributed by atoms with Crippen molar-refractivity contribution in [1.82, 2.24) is 0 Å². The molecule has 20 heavy (non-hydrogen) atoms. The summed E-state index contributed by atoms with van der Waals surface area (Å²) in [6, 6.07) is 2.53. The van der Waals surface area contributed by atoms with Crippen LogP contribution >= 0.6 is 15.9 Å². The standard InChI is InChI=1S/C15H18BrF2NO/c1-15(2)13(8-4-3-5-20-14(8)15)19-12-6-9(16)10(17)7-11(12)18/h6-8,13-14,19H,3-5H2,1-2H3. The molecule has 0 bridgehead atoms. The van der Waals surface area contributed by atoms with Gasteiger partial charge in [-0.05, 0) is 34.8 Å². The number of rotatable bonds is 2. The van der Waals surface area contributed by atoms with Crippen molar-refractivity contribution in [1.29, 1.82) is 0 Å². The van der Waals surface area contributed by atoms with Gasteiger partial charge in [0.2, 0.25) is 0 Å². The fraction of sp³-hybridized carbons (Fsp3) is 0.600. The Morgan fingerprint density at radius 1 is 1.30 bits per heavy atom. The highest BCUT2D eigenvalue weighted by molar-refractivity contribution is 9.10. The lowest BCUT2D eigenvalue weighted by atomic mass is 9.55. The van der Waals surface area contributed by atoms with Crippen LogP contribution in [-0.4, -0.2) is 18.8 Å². The molecule has 0 amide bonds. The third kappa shape index (κ3) is 2.15. The third-order valence-corrected chi connectivity index (χ3v) is 5.26. The largest absolute Gasteiger partial charge is 0.379 e. The van der Waals surface area contributed by atoms with Crippen molar-refractivity contribution >= 4 is 21.6 Å². The minimum Gasteiger partial charge on any atom is -0.379 e. The molecule has 1 aliphatic carbocycles. The molecule has 5 heteroatoms. The highest BCUT2D eigenvalue weighted by Crippen LogP contribution is 2.52. The van der Waals surface area contributed by atoms with Gasteiger partial charge in [0.15, 0.2) is 0 Å². The Bertz CT molecular complexity index is 535. The van der Waals surface area contributed by atoms with E-state index in [0.29, 0.717) is 11.6 Å². The molecule has 1 saturated heterocycles. The summed E-state index contributed by atoms with van der Waals surface area (Å²) in [5.41, 5.74) is 0.304. The molecule has 1 heterocycles. The van der Waals surface area contributed by atoms with Crippen molar-refractivity contribution < 1.29 is 13.5 Å². The Balaban J connectivity index is 1.82. The zero-order chi connectivity index (χ0) is 14.5. The minimum absolute atomic E-state index is 0.0433. The molecule has 1 aromatic rings. The number of halogens is 3. The molecule has 3 rings (SSSR count). The Hall–Kier alpha value is -0.680. The van der Waals surface area contributed by atoms with Crippen LogP contribution in [0.2, 0.25) is 0 Å². The van der Waals surface area contributed by atoms with Crippen molar-refractivity contribution in [2.75, 3.05) is 11.9 Å². The zero-order valence-electron chi connectivity index (χ0n) is 11.6. The van der Waals surface area contributed by atoms with Gasteiger partial charge in [0.1, 0.15) is 11.6 Å². The lowest BCUT2D eigenvalue weighted by Gasteiger charge is -2.60. The van der Waals surface area contributed by atoms with Crippen LogP contribution in [0.3, 0.4) is 0 Å². The Labute approximate surface area is 126 Å². The van der Waals surface area contributed by atoms with Crippen molar-refractivity contribution in [3.05, 3.63) is 28.2 Å². The molecule has 0 aromatic heterocycles. The predicted octanol–water partition coefficient (Wildman–Crippen LogP) is 4.34. The summed E-state index contributed by atoms with van der Waals surface area (Å²) in [7, 11) is 0. The number of anilines is 1. The highest BCUT2D eigenvalue weighted by atomic mass is 79.9. The van der Waals surface area contributed by atoms with Crippen LogP contribution in [0, 0.1) is 23.0 Å². The fourth-order valence-electron chi connectivity index (χ4n) is 3.62. The van der Waals surface area contributed by atoms with Gasteiger partial charge in [0.25, 0.3) is 0 Å². The second-order valence-electron chi connectivity index (χ2n) is 6.29. The minimum atomic E-state index is -0.584. The van der Waals surface area contributed by atoms with Crippen LogP contribution in [0.5, 0.6) is 0 Å². The van der Waals surface area contributed by atoms with Crippen LogP contribution in [-0.2, 0) is 4.74 Å². The van der Waals surface area contributed by atoms with Crippen molar-refractivity contribution in [2.24, 2.45) is 11.3 Å². The molecule has 1 saturated carbocycles. The van der Waals surface area contributed by atoms with E-state index < -0.39 is 11.6 Å². The van der Waals surface area contributed by atoms with Gasteiger partial charge in [-0.3, -0.25) is 0 Å². The van der Waals surface area contributed by atoms with E-state index in [0.717, 1.165) is 25.5 Å². The van der Waals surface area contributed by atoms with E-state index in [9.17, 15) is 8.78 Å². The molecule has 1 N–H and O–H groups in total. The second kappa shape index (κ2) is 4.95. The van der Waals surface area contributed by atoms with Gasteiger partial charge in [0, 0.05) is 30.0 Å². The molecule has 3 atom stereocenters. The first kappa shape index (κ1) is 14.3. The van der Waals surface area contributed by atoms with Gasteiger partial charge in [0.05, 0.1) is 16.3 Å². The zero-order valence-corrected chi connectivity index (χ0v) is 13.1. The summed E-state index contributed by atoms with van der Waals surface area (Å²) >= 11 is 3.10. The van der Waals surface area contributed by atoms with Crippen LogP contribution in [0.15, 0.2) is 16.6 Å². The van der Waals surface area contributed by atoms with Crippen molar-refractivity contribution in [3.8, 4) is 0 Å². The van der Waals surface area contributed by atoms with Crippen LogP contribution in [0.4, 0.5) is 14.5 Å². The molecule has 3 unspecified atom stereocenters. The molecule has 0 radical (unpaired) electrons. The van der Waals surface area contributed by atoms with E-state index >= 15 is 0 Å². The normalized spacial score (nSPS) is 31.4. The van der Waals surface area contributed by atoms with E-state index in [1.54, 1.807) is 0 Å². The molecular weight excluding hydrogens is 328 g/mol. The van der Waals surface area contributed by atoms with Crippen LogP contribution in [0.1, 0.15) is 26.7 Å². The molecule has 0 spiro atoms. The molecule has 2 fully saturated rings. The first-order valence-corrected chi connectivity index (χ1v) is 7.73. The average Bonchev–Trinajstić information content (AvgIpc) is 2.41. The first-order chi connectivity index (χ1) is 9.41. The smallest absolute Gasteiger partial charge is 0.149 e. The molecule has 2 nitrogen and oxygen atoms in total. The van der Waals surface area contributed by atoms with Crippen LogP contribution < -0.4 is 5.32 Å². The Morgan fingerprint density at radius 2 is 2.05 bits per heavy atom. The van der Waals surface area contributed by atoms with Crippen molar-refractivity contribution in [2.45, 2.75) is 38.8 Å². The summed E-state index contributed by atoms with van der Waals surface area (Å²) in [5, 5.41) is 3.25. The van der Waals surface area contributed by atoms with E-state index in [4.69, 9.17) is 4.74 Å². The summed E-state index contributed by atoms with van der Waals surface area (Å²) < 4.78 is 33.3. The van der Waals surface area contributed by atoms with Crippen molar-refractivity contribution in [3.63, 3.8) is 0 Å². The Morgan fingerprint density at radius 3 is 2.80 bits per heavy atom. The number of nitrogens with one attached hydrogen (secondary N) is 1. The van der Waals surface area contributed by atoms with Gasteiger partial charge >= 0.3 is 0 Å². The fourth-order valence-corrected chi connectivity index (χ4v) is 3.96. The third-order valence-electron chi connectivity index (χ3n) is 4.65. The van der Waals surface area contributed by atoms with E-state index in [2.05, 4.69) is 35.1 Å². The van der Waals surface area contributed by atoms with Gasteiger partial charge in [-0.1, -0.05) is 13.8 Å². The molecular formula is C15H18BrF2NO. The van der Waals surface area contributed by atoms with E-state index in [1.165, 1.54) is 6.07 Å². The maximum Gasteiger partial charge on any atom is 0.149 e. The number of benzene rings is 1. The number of fused-ring (bicyclic) bond motifs is 1. The maximum atomic E-state index is 13.9. The van der Waals surface area contributed by atoms with Gasteiger partial charge in [-0.15, -0.1) is 0 Å². The maximum absolute atomic E-state index is 13.9. The topological polar surface area (TPSA) is 21.3 Å². The Kier molecular flexibility index (Phi) is 3.53. The van der Waals surface area contributed by atoms with Gasteiger partial charge in [-0.25, -0.2) is 8.78 Å². The molecule has 1 aromatic carbocycles. The molecule has 2 aliphatic rings. The lowest BCUT2D eigenvalue weighted by molar-refractivity contribution is -0.177. The van der Waals surface area contributed by atoms with Gasteiger partial charge in [-0.2, -0.15) is 0 Å². The first-order valence-electron chi connectivity index (χ1n) is 6.94. The number of hydrogen-bond donors (Lipinski definition) is 1. The number of hydrogen-bond acceptors (Lipinski definition) is 2.